The largest absolute Gasteiger partial charge is 0.491 e. The molecule has 0 bridgehead atoms. The maximum Gasteiger partial charge on any atom is 0.322 e. The van der Waals surface area contributed by atoms with E-state index in [2.05, 4.69) is 5.32 Å². The minimum atomic E-state index is -1.11. The van der Waals surface area contributed by atoms with Gasteiger partial charge in [-0.1, -0.05) is 18.2 Å². The Bertz CT molecular complexity index is 1180. The molecule has 2 N–H and O–H groups in total. The van der Waals surface area contributed by atoms with Crippen LogP contribution in [0.3, 0.4) is 0 Å². The van der Waals surface area contributed by atoms with Gasteiger partial charge in [0.15, 0.2) is 6.29 Å². The Kier molecular flexibility index (Phi) is 7.71. The number of anilines is 1. The minimum Gasteiger partial charge on any atom is -0.491 e. The molecule has 0 radical (unpaired) electrons. The average Bonchev–Trinajstić information content (AvgIpc) is 3.24. The van der Waals surface area contributed by atoms with E-state index in [1.54, 1.807) is 22.4 Å². The van der Waals surface area contributed by atoms with Gasteiger partial charge in [0, 0.05) is 12.7 Å². The normalized spacial score (nSPS) is 15.6. The fourth-order valence-corrected chi connectivity index (χ4v) is 4.93. The van der Waals surface area contributed by atoms with Gasteiger partial charge in [0.25, 0.3) is 0 Å². The molecule has 35 heavy (non-hydrogen) atoms. The summed E-state index contributed by atoms with van der Waals surface area (Å²) in [6, 6.07) is 13.6. The first-order valence-corrected chi connectivity index (χ1v) is 12.1. The zero-order valence-corrected chi connectivity index (χ0v) is 20.7. The quantitative estimate of drug-likeness (QED) is 0.425. The van der Waals surface area contributed by atoms with Gasteiger partial charge in [-0.3, -0.25) is 0 Å². The molecule has 0 fully saturated rings. The van der Waals surface area contributed by atoms with Crippen LogP contribution in [0.4, 0.5) is 14.9 Å². The average molecular weight is 501 g/mol. The number of carbonyl (C=O) groups is 1. The van der Waals surface area contributed by atoms with E-state index in [-0.39, 0.29) is 11.8 Å². The highest BCUT2D eigenvalue weighted by Gasteiger charge is 2.37. The van der Waals surface area contributed by atoms with Gasteiger partial charge in [-0.15, -0.1) is 11.3 Å². The van der Waals surface area contributed by atoms with Gasteiger partial charge < -0.3 is 29.5 Å². The van der Waals surface area contributed by atoms with E-state index in [1.165, 1.54) is 30.6 Å². The van der Waals surface area contributed by atoms with Crippen LogP contribution >= 0.6 is 11.3 Å². The van der Waals surface area contributed by atoms with Crippen LogP contribution in [0.25, 0.3) is 0 Å². The summed E-state index contributed by atoms with van der Waals surface area (Å²) in [4.78, 5) is 15.6. The van der Waals surface area contributed by atoms with Crippen LogP contribution < -0.4 is 10.1 Å². The van der Waals surface area contributed by atoms with E-state index >= 15 is 0 Å². The molecule has 1 aliphatic heterocycles. The summed E-state index contributed by atoms with van der Waals surface area (Å²) in [5, 5.41) is 14.8. The molecule has 2 amide bonds. The van der Waals surface area contributed by atoms with Crippen molar-refractivity contribution >= 4 is 23.1 Å². The van der Waals surface area contributed by atoms with E-state index < -0.39 is 11.8 Å². The van der Waals surface area contributed by atoms with Gasteiger partial charge in [-0.05, 0) is 60.7 Å². The molecule has 1 atom stereocenters. The molecule has 1 aliphatic rings. The Hall–Kier alpha value is -2.98. The number of benzene rings is 2. The van der Waals surface area contributed by atoms with E-state index in [0.29, 0.717) is 42.7 Å². The molecule has 1 unspecified atom stereocenters. The summed E-state index contributed by atoms with van der Waals surface area (Å²) in [6.45, 7) is 5.28. The molecule has 0 saturated heterocycles. The predicted octanol–water partition coefficient (Wildman–Crippen LogP) is 5.40. The van der Waals surface area contributed by atoms with Crippen LogP contribution in [0, 0.1) is 5.82 Å². The number of hydrogen-bond donors (Lipinski definition) is 2. The first kappa shape index (κ1) is 25.1. The summed E-state index contributed by atoms with van der Waals surface area (Å²) < 4.78 is 30.2. The number of thiophene rings is 1. The van der Waals surface area contributed by atoms with Gasteiger partial charge in [0.1, 0.15) is 18.2 Å². The van der Waals surface area contributed by atoms with Crippen molar-refractivity contribution in [3.8, 4) is 5.75 Å². The highest BCUT2D eigenvalue weighted by Crippen LogP contribution is 2.38. The summed E-state index contributed by atoms with van der Waals surface area (Å²) in [6.07, 6.45) is -1.11. The van der Waals surface area contributed by atoms with E-state index in [0.717, 1.165) is 16.7 Å². The molecule has 0 saturated carbocycles. The number of halogens is 1. The standard InChI is InChI=1S/C26H29FN2O5S/c1-26(2)20-14-18(16-33-15-17-5-4-6-19(27)13-17)7-8-22(20)34-11-10-29(26)25(31)28-21-9-12-35-23(21)24(30)32-3/h4-9,12-14,24,30H,10-11,15-16H2,1-3H3,(H,28,31). The molecule has 3 aromatic rings. The van der Waals surface area contributed by atoms with Crippen molar-refractivity contribution in [3.63, 3.8) is 0 Å². The summed E-state index contributed by atoms with van der Waals surface area (Å²) in [5.41, 5.74) is 2.36. The Balaban J connectivity index is 1.50. The summed E-state index contributed by atoms with van der Waals surface area (Å²) in [7, 11) is 1.40. The maximum absolute atomic E-state index is 13.4. The van der Waals surface area contributed by atoms with Gasteiger partial charge in [0.05, 0.1) is 35.9 Å². The lowest BCUT2D eigenvalue weighted by Crippen LogP contribution is -2.48. The fraction of sp³-hybridized carbons (Fsp3) is 0.346. The highest BCUT2D eigenvalue weighted by atomic mass is 32.1. The molecule has 186 valence electrons. The summed E-state index contributed by atoms with van der Waals surface area (Å²) in [5.74, 6) is 0.421. The number of urea groups is 1. The Morgan fingerprint density at radius 1 is 1.23 bits per heavy atom. The molecule has 2 aromatic carbocycles. The van der Waals surface area contributed by atoms with Crippen LogP contribution in [-0.2, 0) is 28.2 Å². The molecule has 7 nitrogen and oxygen atoms in total. The molecule has 0 spiro atoms. The Labute approximate surface area is 208 Å². The van der Waals surface area contributed by atoms with Gasteiger partial charge >= 0.3 is 6.03 Å². The molecule has 0 aliphatic carbocycles. The van der Waals surface area contributed by atoms with Crippen LogP contribution in [0.2, 0.25) is 0 Å². The van der Waals surface area contributed by atoms with Gasteiger partial charge in [0.2, 0.25) is 0 Å². The second-order valence-electron chi connectivity index (χ2n) is 8.73. The number of aliphatic hydroxyl groups is 1. The predicted molar refractivity (Wildman–Crippen MR) is 132 cm³/mol. The highest BCUT2D eigenvalue weighted by molar-refractivity contribution is 7.10. The number of methoxy groups -OCH3 is 1. The number of ether oxygens (including phenoxy) is 3. The third-order valence-electron chi connectivity index (χ3n) is 6.01. The lowest BCUT2D eigenvalue weighted by Gasteiger charge is -2.37. The van der Waals surface area contributed by atoms with Crippen molar-refractivity contribution in [1.82, 2.24) is 4.90 Å². The van der Waals surface area contributed by atoms with Crippen LogP contribution in [0.15, 0.2) is 53.9 Å². The Morgan fingerprint density at radius 3 is 2.74 bits per heavy atom. The minimum absolute atomic E-state index is 0.291. The lowest BCUT2D eigenvalue weighted by molar-refractivity contribution is -0.0738. The number of nitrogens with zero attached hydrogens (tertiary/aromatic N) is 1. The zero-order valence-electron chi connectivity index (χ0n) is 19.9. The van der Waals surface area contributed by atoms with E-state index in [4.69, 9.17) is 14.2 Å². The number of hydrogen-bond acceptors (Lipinski definition) is 6. The molecule has 4 rings (SSSR count). The molecular weight excluding hydrogens is 471 g/mol. The number of rotatable bonds is 7. The van der Waals surface area contributed by atoms with Crippen molar-refractivity contribution in [2.24, 2.45) is 0 Å². The first-order chi connectivity index (χ1) is 16.8. The van der Waals surface area contributed by atoms with Crippen molar-refractivity contribution < 1.29 is 28.5 Å². The van der Waals surface area contributed by atoms with Crippen molar-refractivity contribution in [2.45, 2.75) is 38.9 Å². The molecular formula is C26H29FN2O5S. The number of amides is 2. The number of aliphatic hydroxyl groups excluding tert-OH is 1. The van der Waals surface area contributed by atoms with E-state index in [1.807, 2.05) is 38.1 Å². The Morgan fingerprint density at radius 2 is 2.00 bits per heavy atom. The topological polar surface area (TPSA) is 80.3 Å². The molecule has 9 heteroatoms. The van der Waals surface area contributed by atoms with Crippen LogP contribution in [-0.4, -0.2) is 36.3 Å². The van der Waals surface area contributed by atoms with Crippen LogP contribution in [0.5, 0.6) is 5.75 Å². The second-order valence-corrected chi connectivity index (χ2v) is 9.68. The van der Waals surface area contributed by atoms with Crippen LogP contribution in [0.1, 0.15) is 41.7 Å². The van der Waals surface area contributed by atoms with Gasteiger partial charge in [-0.2, -0.15) is 0 Å². The zero-order chi connectivity index (χ0) is 25.0. The monoisotopic (exact) mass is 500 g/mol. The molecule has 2 heterocycles. The smallest absolute Gasteiger partial charge is 0.322 e. The third-order valence-corrected chi connectivity index (χ3v) is 6.95. The number of carbonyl (C=O) groups excluding carboxylic acids is 1. The van der Waals surface area contributed by atoms with E-state index in [9.17, 15) is 14.3 Å². The number of nitrogens with one attached hydrogen (secondary N) is 1. The maximum atomic E-state index is 13.4. The molecule has 1 aromatic heterocycles. The lowest BCUT2D eigenvalue weighted by atomic mass is 9.90. The third kappa shape index (κ3) is 5.65. The number of fused-ring (bicyclic) bond motifs is 1. The van der Waals surface area contributed by atoms with Crippen molar-refractivity contribution in [1.29, 1.82) is 0 Å². The SMILES string of the molecule is COC(O)c1sccc1NC(=O)N1CCOc2ccc(COCc3cccc(F)c3)cc2C1(C)C. The van der Waals surface area contributed by atoms with Crippen molar-refractivity contribution in [2.75, 3.05) is 25.6 Å². The second kappa shape index (κ2) is 10.7. The first-order valence-electron chi connectivity index (χ1n) is 11.2. The van der Waals surface area contributed by atoms with Crippen molar-refractivity contribution in [3.05, 3.63) is 81.3 Å². The summed E-state index contributed by atoms with van der Waals surface area (Å²) >= 11 is 1.30. The fourth-order valence-electron chi connectivity index (χ4n) is 4.12. The van der Waals surface area contributed by atoms with Gasteiger partial charge in [-0.25, -0.2) is 9.18 Å².